The number of carbonyl (C=O) groups excluding carboxylic acids is 2. The number of urea groups is 1. The van der Waals surface area contributed by atoms with Crippen LogP contribution in [0.15, 0.2) is 24.3 Å². The van der Waals surface area contributed by atoms with Crippen molar-refractivity contribution in [2.45, 2.75) is 25.9 Å². The van der Waals surface area contributed by atoms with E-state index in [1.54, 1.807) is 14.0 Å². The lowest BCUT2D eigenvalue weighted by Gasteiger charge is -2.40. The van der Waals surface area contributed by atoms with Crippen molar-refractivity contribution in [3.63, 3.8) is 0 Å². The number of ether oxygens (including phenoxy) is 1. The van der Waals surface area contributed by atoms with Gasteiger partial charge in [0.1, 0.15) is 5.75 Å². The van der Waals surface area contributed by atoms with Gasteiger partial charge in [-0.15, -0.1) is 0 Å². The van der Waals surface area contributed by atoms with Crippen LogP contribution in [0, 0.1) is 0 Å². The van der Waals surface area contributed by atoms with Crippen LogP contribution in [0.3, 0.4) is 0 Å². The predicted octanol–water partition coefficient (Wildman–Crippen LogP) is 0.957. The highest BCUT2D eigenvalue weighted by Gasteiger charge is 2.28. The normalized spacial score (nSPS) is 18.6. The summed E-state index contributed by atoms with van der Waals surface area (Å²) in [6.45, 7) is 7.20. The van der Waals surface area contributed by atoms with Crippen molar-refractivity contribution in [3.05, 3.63) is 29.8 Å². The molecule has 0 bridgehead atoms. The van der Waals surface area contributed by atoms with Crippen molar-refractivity contribution in [2.75, 3.05) is 33.3 Å². The van der Waals surface area contributed by atoms with E-state index >= 15 is 0 Å². The molecule has 7 heteroatoms. The number of benzene rings is 1. The fourth-order valence-electron chi connectivity index (χ4n) is 3.02. The maximum atomic E-state index is 11.9. The molecular formula is C17H26N4O3. The number of hydrogen-bond acceptors (Lipinski definition) is 5. The van der Waals surface area contributed by atoms with Gasteiger partial charge in [0.2, 0.25) is 5.91 Å². The van der Waals surface area contributed by atoms with Gasteiger partial charge in [-0.25, -0.2) is 4.79 Å². The van der Waals surface area contributed by atoms with Crippen LogP contribution < -0.4 is 15.8 Å². The first-order chi connectivity index (χ1) is 11.4. The van der Waals surface area contributed by atoms with Crippen LogP contribution >= 0.6 is 0 Å². The third-order valence-electron chi connectivity index (χ3n) is 4.65. The first-order valence-corrected chi connectivity index (χ1v) is 8.14. The zero-order chi connectivity index (χ0) is 17.7. The summed E-state index contributed by atoms with van der Waals surface area (Å²) in [7, 11) is 1.67. The van der Waals surface area contributed by atoms with Gasteiger partial charge in [0.05, 0.1) is 13.2 Å². The van der Waals surface area contributed by atoms with Gasteiger partial charge in [-0.1, -0.05) is 12.1 Å². The first kappa shape index (κ1) is 18.2. The molecule has 1 aliphatic heterocycles. The number of methoxy groups -OCH3 is 1. The molecule has 1 fully saturated rings. The molecule has 0 unspecified atom stereocenters. The van der Waals surface area contributed by atoms with Crippen molar-refractivity contribution in [1.29, 1.82) is 0 Å². The third-order valence-corrected chi connectivity index (χ3v) is 4.65. The van der Waals surface area contributed by atoms with E-state index in [0.29, 0.717) is 0 Å². The van der Waals surface area contributed by atoms with E-state index in [1.807, 2.05) is 12.1 Å². The number of carbonyl (C=O) groups is 2. The monoisotopic (exact) mass is 334 g/mol. The average Bonchev–Trinajstić information content (AvgIpc) is 2.60. The van der Waals surface area contributed by atoms with Crippen molar-refractivity contribution < 1.29 is 14.3 Å². The lowest BCUT2D eigenvalue weighted by molar-refractivity contribution is -0.125. The van der Waals surface area contributed by atoms with Crippen LogP contribution in [0.2, 0.25) is 0 Å². The molecule has 3 N–H and O–H groups in total. The van der Waals surface area contributed by atoms with Crippen LogP contribution in [0.1, 0.15) is 25.5 Å². The second kappa shape index (κ2) is 8.12. The molecule has 1 aromatic rings. The Morgan fingerprint density at radius 1 is 1.17 bits per heavy atom. The van der Waals surface area contributed by atoms with E-state index in [0.717, 1.165) is 31.9 Å². The molecule has 1 heterocycles. The Morgan fingerprint density at radius 3 is 2.38 bits per heavy atom. The molecule has 1 aliphatic rings. The maximum Gasteiger partial charge on any atom is 0.318 e. The number of amides is 3. The minimum atomic E-state index is -0.808. The summed E-state index contributed by atoms with van der Waals surface area (Å²) in [5.41, 5.74) is 6.21. The molecule has 0 spiro atoms. The Balaban J connectivity index is 1.92. The summed E-state index contributed by atoms with van der Waals surface area (Å²) in [5, 5.41) is 2.14. The van der Waals surface area contributed by atoms with Crippen LogP contribution in [0.5, 0.6) is 5.75 Å². The molecule has 3 amide bonds. The number of nitrogens with two attached hydrogens (primary N) is 1. The van der Waals surface area contributed by atoms with Gasteiger partial charge in [-0.05, 0) is 31.5 Å². The van der Waals surface area contributed by atoms with Gasteiger partial charge >= 0.3 is 6.03 Å². The quantitative estimate of drug-likeness (QED) is 0.837. The highest BCUT2D eigenvalue weighted by molar-refractivity contribution is 5.96. The van der Waals surface area contributed by atoms with E-state index < -0.39 is 6.03 Å². The molecular weight excluding hydrogens is 308 g/mol. The summed E-state index contributed by atoms with van der Waals surface area (Å²) < 4.78 is 5.29. The van der Waals surface area contributed by atoms with E-state index in [9.17, 15) is 9.59 Å². The Bertz CT molecular complexity index is 585. The smallest absolute Gasteiger partial charge is 0.318 e. The second-order valence-corrected chi connectivity index (χ2v) is 6.05. The topological polar surface area (TPSA) is 87.9 Å². The second-order valence-electron chi connectivity index (χ2n) is 6.05. The number of hydrogen-bond donors (Lipinski definition) is 2. The molecule has 2 atom stereocenters. The fourth-order valence-corrected chi connectivity index (χ4v) is 3.02. The van der Waals surface area contributed by atoms with Crippen molar-refractivity contribution in [1.82, 2.24) is 15.1 Å². The lowest BCUT2D eigenvalue weighted by atomic mass is 10.1. The Hall–Kier alpha value is -2.12. The maximum absolute atomic E-state index is 11.9. The van der Waals surface area contributed by atoms with Gasteiger partial charge in [-0.2, -0.15) is 0 Å². The minimum Gasteiger partial charge on any atom is -0.497 e. The van der Waals surface area contributed by atoms with Gasteiger partial charge < -0.3 is 10.5 Å². The molecule has 132 valence electrons. The molecule has 2 rings (SSSR count). The van der Waals surface area contributed by atoms with Gasteiger partial charge in [0, 0.05) is 32.2 Å². The highest BCUT2D eigenvalue weighted by atomic mass is 16.5. The van der Waals surface area contributed by atoms with Crippen molar-refractivity contribution >= 4 is 11.9 Å². The Kier molecular flexibility index (Phi) is 6.16. The number of primary amides is 1. The molecule has 0 radical (unpaired) electrons. The summed E-state index contributed by atoms with van der Waals surface area (Å²) in [6.07, 6.45) is 0. The summed E-state index contributed by atoms with van der Waals surface area (Å²) >= 11 is 0. The molecule has 1 aromatic carbocycles. The van der Waals surface area contributed by atoms with Crippen LogP contribution in [-0.2, 0) is 4.79 Å². The molecule has 0 saturated carbocycles. The number of nitrogens with one attached hydrogen (secondary N) is 1. The van der Waals surface area contributed by atoms with Crippen LogP contribution in [-0.4, -0.2) is 61.1 Å². The lowest BCUT2D eigenvalue weighted by Crippen LogP contribution is -2.55. The van der Waals surface area contributed by atoms with Crippen LogP contribution in [0.25, 0.3) is 0 Å². The number of nitrogens with zero attached hydrogens (tertiary/aromatic N) is 2. The van der Waals surface area contributed by atoms with Gasteiger partial charge in [0.25, 0.3) is 0 Å². The van der Waals surface area contributed by atoms with E-state index in [4.69, 9.17) is 10.5 Å². The fraction of sp³-hybridized carbons (Fsp3) is 0.529. The van der Waals surface area contributed by atoms with Crippen molar-refractivity contribution in [3.8, 4) is 5.75 Å². The zero-order valence-corrected chi connectivity index (χ0v) is 14.5. The number of piperazine rings is 1. The highest BCUT2D eigenvalue weighted by Crippen LogP contribution is 2.25. The summed E-state index contributed by atoms with van der Waals surface area (Å²) in [5.74, 6) is 0.506. The molecule has 0 aliphatic carbocycles. The molecule has 7 nitrogen and oxygen atoms in total. The summed E-state index contributed by atoms with van der Waals surface area (Å²) in [6, 6.07) is 7.19. The third kappa shape index (κ3) is 4.46. The Morgan fingerprint density at radius 2 is 1.79 bits per heavy atom. The predicted molar refractivity (Wildman–Crippen MR) is 91.7 cm³/mol. The zero-order valence-electron chi connectivity index (χ0n) is 14.5. The largest absolute Gasteiger partial charge is 0.497 e. The van der Waals surface area contributed by atoms with Crippen molar-refractivity contribution in [2.24, 2.45) is 5.73 Å². The molecule has 1 saturated heterocycles. The molecule has 0 aromatic heterocycles. The number of rotatable bonds is 5. The first-order valence-electron chi connectivity index (χ1n) is 8.14. The number of imide groups is 1. The van der Waals surface area contributed by atoms with E-state index in [2.05, 4.69) is 34.2 Å². The average molecular weight is 334 g/mol. The Labute approximate surface area is 142 Å². The minimum absolute atomic E-state index is 0.275. The molecule has 24 heavy (non-hydrogen) atoms. The summed E-state index contributed by atoms with van der Waals surface area (Å²) in [4.78, 5) is 27.1. The van der Waals surface area contributed by atoms with Crippen LogP contribution in [0.4, 0.5) is 4.79 Å². The van der Waals surface area contributed by atoms with Gasteiger partial charge in [-0.3, -0.25) is 19.9 Å². The van der Waals surface area contributed by atoms with E-state index in [-0.39, 0.29) is 18.0 Å². The van der Waals surface area contributed by atoms with E-state index in [1.165, 1.54) is 5.56 Å². The standard InChI is InChI=1S/C17H26N4O3/c1-12(14-5-4-6-15(11-14)24-3)20-7-9-21(10-8-20)13(2)16(22)19-17(18)23/h4-6,11-13H,7-10H2,1-3H3,(H3,18,19,22,23)/t12-,13-/m1/s1. The SMILES string of the molecule is COc1cccc([C@@H](C)N2CCN([C@H](C)C(=O)NC(N)=O)CC2)c1. The van der Waals surface area contributed by atoms with Gasteiger partial charge in [0.15, 0.2) is 0 Å².